The fourth-order valence-electron chi connectivity index (χ4n) is 3.68. The standard InChI is InChI=1S/C21H13FN2O3/c22-11-2-4-17-13(6-11)15(8-24-17)19-18(20(26)21(19)27)14-7-23-16-3-1-10(9-25)5-12(14)16/h1-8,23-25H,9H2. The zero-order valence-corrected chi connectivity index (χ0v) is 14.0. The molecule has 3 N–H and O–H groups in total. The number of aliphatic hydroxyl groups is 1. The maximum atomic E-state index is 13.7. The molecule has 2 aromatic heterocycles. The number of hydrogen-bond acceptors (Lipinski definition) is 3. The molecule has 0 aliphatic heterocycles. The van der Waals surface area contributed by atoms with Crippen LogP contribution >= 0.6 is 0 Å². The lowest BCUT2D eigenvalue weighted by atomic mass is 9.89. The molecule has 0 unspecified atom stereocenters. The number of halogens is 1. The van der Waals surface area contributed by atoms with Crippen LogP contribution in [0.15, 0.2) is 58.4 Å². The van der Waals surface area contributed by atoms with E-state index in [1.165, 1.54) is 12.1 Å². The van der Waals surface area contributed by atoms with Gasteiger partial charge in [-0.25, -0.2) is 4.39 Å². The molecule has 5 nitrogen and oxygen atoms in total. The summed E-state index contributed by atoms with van der Waals surface area (Å²) in [6.45, 7) is -0.124. The van der Waals surface area contributed by atoms with Crippen molar-refractivity contribution in [2.75, 3.05) is 0 Å². The van der Waals surface area contributed by atoms with Gasteiger partial charge in [-0.3, -0.25) is 9.59 Å². The molecular weight excluding hydrogens is 347 g/mol. The van der Waals surface area contributed by atoms with Gasteiger partial charge >= 0.3 is 0 Å². The van der Waals surface area contributed by atoms with E-state index in [1.807, 2.05) is 6.07 Å². The minimum atomic E-state index is -0.581. The summed E-state index contributed by atoms with van der Waals surface area (Å²) in [5.41, 5.74) is 2.76. The van der Waals surface area contributed by atoms with E-state index in [4.69, 9.17) is 0 Å². The second-order valence-electron chi connectivity index (χ2n) is 6.54. The highest BCUT2D eigenvalue weighted by molar-refractivity contribution is 6.06. The Balaban J connectivity index is 1.79. The minimum Gasteiger partial charge on any atom is -0.392 e. The smallest absolute Gasteiger partial charge is 0.235 e. The van der Waals surface area contributed by atoms with Crippen LogP contribution in [0.25, 0.3) is 44.1 Å². The first kappa shape index (κ1) is 15.7. The lowest BCUT2D eigenvalue weighted by Crippen LogP contribution is -2.34. The van der Waals surface area contributed by atoms with Crippen molar-refractivity contribution in [3.8, 4) is 22.3 Å². The summed E-state index contributed by atoms with van der Waals surface area (Å²) >= 11 is 0. The van der Waals surface area contributed by atoms with Crippen LogP contribution in [0.5, 0.6) is 0 Å². The van der Waals surface area contributed by atoms with E-state index in [2.05, 4.69) is 9.97 Å². The third-order valence-electron chi connectivity index (χ3n) is 5.02. The molecule has 6 heteroatoms. The molecule has 0 amide bonds. The number of aromatic nitrogens is 2. The molecule has 0 bridgehead atoms. The van der Waals surface area contributed by atoms with E-state index >= 15 is 0 Å². The zero-order valence-electron chi connectivity index (χ0n) is 14.0. The third kappa shape index (κ3) is 2.14. The van der Waals surface area contributed by atoms with Crippen LogP contribution < -0.4 is 10.9 Å². The van der Waals surface area contributed by atoms with Gasteiger partial charge in [0, 0.05) is 56.5 Å². The van der Waals surface area contributed by atoms with Crippen LogP contribution in [0, 0.1) is 5.82 Å². The normalized spacial score (nSPS) is 11.8. The summed E-state index contributed by atoms with van der Waals surface area (Å²) in [7, 11) is 0. The van der Waals surface area contributed by atoms with Gasteiger partial charge in [0.2, 0.25) is 10.9 Å². The van der Waals surface area contributed by atoms with Crippen molar-refractivity contribution in [1.29, 1.82) is 0 Å². The van der Waals surface area contributed by atoms with Gasteiger partial charge in [-0.2, -0.15) is 0 Å². The fraction of sp³-hybridized carbons (Fsp3) is 0.0476. The van der Waals surface area contributed by atoms with Gasteiger partial charge in [0.25, 0.3) is 0 Å². The Morgan fingerprint density at radius 2 is 1.37 bits per heavy atom. The van der Waals surface area contributed by atoms with Crippen LogP contribution in [-0.4, -0.2) is 15.1 Å². The van der Waals surface area contributed by atoms with Crippen molar-refractivity contribution in [3.63, 3.8) is 0 Å². The second-order valence-corrected chi connectivity index (χ2v) is 6.54. The topological polar surface area (TPSA) is 85.9 Å². The Labute approximate surface area is 151 Å². The predicted octanol–water partition coefficient (Wildman–Crippen LogP) is 3.21. The van der Waals surface area contributed by atoms with Crippen molar-refractivity contribution in [2.45, 2.75) is 6.61 Å². The van der Waals surface area contributed by atoms with Gasteiger partial charge in [0.1, 0.15) is 5.82 Å². The third-order valence-corrected chi connectivity index (χ3v) is 5.02. The molecule has 27 heavy (non-hydrogen) atoms. The molecule has 132 valence electrons. The summed E-state index contributed by atoms with van der Waals surface area (Å²) in [5.74, 6) is -0.414. The monoisotopic (exact) mass is 360 g/mol. The van der Waals surface area contributed by atoms with Gasteiger partial charge in [-0.05, 0) is 35.9 Å². The number of rotatable bonds is 3. The Morgan fingerprint density at radius 1 is 0.815 bits per heavy atom. The number of aliphatic hydroxyl groups excluding tert-OH is 1. The first-order valence-corrected chi connectivity index (χ1v) is 8.40. The molecule has 0 saturated carbocycles. The van der Waals surface area contributed by atoms with E-state index in [9.17, 15) is 19.1 Å². The molecule has 0 fully saturated rings. The molecule has 0 saturated heterocycles. The van der Waals surface area contributed by atoms with Gasteiger partial charge in [-0.1, -0.05) is 6.07 Å². The van der Waals surface area contributed by atoms with Gasteiger partial charge in [0.15, 0.2) is 0 Å². The molecule has 0 spiro atoms. The number of benzene rings is 2. The summed E-state index contributed by atoms with van der Waals surface area (Å²) in [6.07, 6.45) is 3.30. The van der Waals surface area contributed by atoms with Crippen LogP contribution in [0.2, 0.25) is 0 Å². The lowest BCUT2D eigenvalue weighted by Gasteiger charge is -2.10. The van der Waals surface area contributed by atoms with Gasteiger partial charge in [-0.15, -0.1) is 0 Å². The zero-order chi connectivity index (χ0) is 18.7. The summed E-state index contributed by atoms with van der Waals surface area (Å²) in [6, 6.07) is 9.67. The van der Waals surface area contributed by atoms with E-state index in [0.717, 1.165) is 10.9 Å². The highest BCUT2D eigenvalue weighted by Gasteiger charge is 2.27. The molecule has 0 atom stereocenters. The Morgan fingerprint density at radius 3 is 1.96 bits per heavy atom. The molecule has 2 heterocycles. The number of hydrogen-bond donors (Lipinski definition) is 3. The molecule has 5 aromatic rings. The average molecular weight is 360 g/mol. The van der Waals surface area contributed by atoms with E-state index in [1.54, 1.807) is 30.6 Å². The van der Waals surface area contributed by atoms with Gasteiger partial charge < -0.3 is 15.1 Å². The van der Waals surface area contributed by atoms with E-state index in [0.29, 0.717) is 33.2 Å². The Hall–Kier alpha value is -3.51. The SMILES string of the molecule is O=c1c(-c2c[nH]c3ccc(F)cc23)c(-c2c[nH]c3ccc(CO)cc23)c1=O. The van der Waals surface area contributed by atoms with Crippen molar-refractivity contribution in [1.82, 2.24) is 9.97 Å². The summed E-state index contributed by atoms with van der Waals surface area (Å²) < 4.78 is 13.7. The van der Waals surface area contributed by atoms with E-state index < -0.39 is 16.7 Å². The molecule has 5 rings (SSSR count). The average Bonchev–Trinajstić information content (AvgIpc) is 3.28. The highest BCUT2D eigenvalue weighted by atomic mass is 19.1. The summed E-state index contributed by atoms with van der Waals surface area (Å²) in [4.78, 5) is 30.9. The lowest BCUT2D eigenvalue weighted by molar-refractivity contribution is 0.282. The van der Waals surface area contributed by atoms with E-state index in [-0.39, 0.29) is 12.2 Å². The van der Waals surface area contributed by atoms with Crippen molar-refractivity contribution in [2.24, 2.45) is 0 Å². The quantitative estimate of drug-likeness (QED) is 0.432. The fourth-order valence-corrected chi connectivity index (χ4v) is 3.68. The first-order valence-electron chi connectivity index (χ1n) is 8.40. The largest absolute Gasteiger partial charge is 0.392 e. The molecule has 0 aliphatic rings. The minimum absolute atomic E-state index is 0.124. The maximum Gasteiger partial charge on any atom is 0.235 e. The maximum absolute atomic E-state index is 13.7. The number of fused-ring (bicyclic) bond motifs is 2. The number of aromatic amines is 2. The van der Waals surface area contributed by atoms with Gasteiger partial charge in [0.05, 0.1) is 6.61 Å². The summed E-state index contributed by atoms with van der Waals surface area (Å²) in [5, 5.41) is 10.7. The van der Waals surface area contributed by atoms with Crippen LogP contribution in [0.4, 0.5) is 4.39 Å². The van der Waals surface area contributed by atoms with Crippen molar-refractivity contribution < 1.29 is 9.50 Å². The molecule has 0 radical (unpaired) electrons. The second kappa shape index (κ2) is 5.49. The van der Waals surface area contributed by atoms with Crippen LogP contribution in [-0.2, 0) is 6.61 Å². The molecular formula is C21H13FN2O3. The Bertz CT molecular complexity index is 1420. The Kier molecular flexibility index (Phi) is 3.20. The first-order chi connectivity index (χ1) is 13.1. The number of H-pyrrole nitrogens is 2. The number of nitrogens with one attached hydrogen (secondary N) is 2. The molecule has 0 aliphatic carbocycles. The highest BCUT2D eigenvalue weighted by Crippen LogP contribution is 2.37. The van der Waals surface area contributed by atoms with Crippen molar-refractivity contribution >= 4 is 21.8 Å². The van der Waals surface area contributed by atoms with Crippen LogP contribution in [0.1, 0.15) is 5.56 Å². The predicted molar refractivity (Wildman–Crippen MR) is 102 cm³/mol. The van der Waals surface area contributed by atoms with Crippen LogP contribution in [0.3, 0.4) is 0 Å². The van der Waals surface area contributed by atoms with Crippen molar-refractivity contribution in [3.05, 3.63) is 80.6 Å². The molecule has 3 aromatic carbocycles.